The average Bonchev–Trinajstić information content (AvgIpc) is 2.75. The number of hydrazone groups is 1. The molecule has 1 aliphatic rings. The standard InChI is InChI=1S/C14H14F4N2O2S/c1-9-6-13(22,14(16,17)18)20(19-9)12(21)8-23-7-10-3-2-4-11(15)5-10/h2-5,22H,6-8H2,1H3. The predicted octanol–water partition coefficient (Wildman–Crippen LogP) is 2.92. The van der Waals surface area contributed by atoms with Gasteiger partial charge in [0.1, 0.15) is 5.82 Å². The fraction of sp³-hybridized carbons (Fsp3) is 0.429. The molecule has 126 valence electrons. The van der Waals surface area contributed by atoms with Crippen LogP contribution in [0.15, 0.2) is 29.4 Å². The summed E-state index contributed by atoms with van der Waals surface area (Å²) in [5.74, 6) is -1.44. The van der Waals surface area contributed by atoms with Gasteiger partial charge in [0, 0.05) is 17.9 Å². The molecule has 0 bridgehead atoms. The zero-order valence-electron chi connectivity index (χ0n) is 12.1. The average molecular weight is 350 g/mol. The third kappa shape index (κ3) is 3.84. The largest absolute Gasteiger partial charge is 0.438 e. The van der Waals surface area contributed by atoms with Gasteiger partial charge in [-0.3, -0.25) is 4.79 Å². The molecule has 4 nitrogen and oxygen atoms in total. The van der Waals surface area contributed by atoms with E-state index in [2.05, 4.69) is 5.10 Å². The van der Waals surface area contributed by atoms with Crippen molar-refractivity contribution in [1.82, 2.24) is 5.01 Å². The Balaban J connectivity index is 1.99. The molecular weight excluding hydrogens is 336 g/mol. The van der Waals surface area contributed by atoms with Crippen molar-refractivity contribution in [3.8, 4) is 0 Å². The van der Waals surface area contributed by atoms with Crippen molar-refractivity contribution in [3.05, 3.63) is 35.6 Å². The lowest BCUT2D eigenvalue weighted by molar-refractivity contribution is -0.301. The first-order chi connectivity index (χ1) is 10.6. The number of carbonyl (C=O) groups is 1. The van der Waals surface area contributed by atoms with Crippen LogP contribution in [0.2, 0.25) is 0 Å². The van der Waals surface area contributed by atoms with Crippen molar-refractivity contribution < 1.29 is 27.5 Å². The van der Waals surface area contributed by atoms with Gasteiger partial charge in [0.05, 0.1) is 5.75 Å². The van der Waals surface area contributed by atoms with Gasteiger partial charge in [0.25, 0.3) is 11.6 Å². The van der Waals surface area contributed by atoms with Crippen LogP contribution in [0.5, 0.6) is 0 Å². The first-order valence-corrected chi connectivity index (χ1v) is 7.77. The maximum atomic E-state index is 13.0. The summed E-state index contributed by atoms with van der Waals surface area (Å²) < 4.78 is 52.0. The molecular formula is C14H14F4N2O2S. The minimum absolute atomic E-state index is 0.0216. The van der Waals surface area contributed by atoms with Gasteiger partial charge in [-0.15, -0.1) is 11.8 Å². The van der Waals surface area contributed by atoms with E-state index in [-0.39, 0.29) is 22.2 Å². The summed E-state index contributed by atoms with van der Waals surface area (Å²) in [6.07, 6.45) is -5.77. The van der Waals surface area contributed by atoms with Crippen LogP contribution in [-0.4, -0.2) is 39.4 Å². The zero-order chi connectivity index (χ0) is 17.3. The Hall–Kier alpha value is -1.61. The Bertz CT molecular complexity index is 635. The molecule has 1 amide bonds. The number of nitrogens with zero attached hydrogens (tertiary/aromatic N) is 2. The molecule has 9 heteroatoms. The third-order valence-corrected chi connectivity index (χ3v) is 4.19. The quantitative estimate of drug-likeness (QED) is 0.850. The van der Waals surface area contributed by atoms with E-state index in [1.807, 2.05) is 0 Å². The van der Waals surface area contributed by atoms with Crippen molar-refractivity contribution in [2.75, 3.05) is 5.75 Å². The first-order valence-electron chi connectivity index (χ1n) is 6.62. The highest BCUT2D eigenvalue weighted by molar-refractivity contribution is 7.99. The van der Waals surface area contributed by atoms with E-state index >= 15 is 0 Å². The summed E-state index contributed by atoms with van der Waals surface area (Å²) in [5.41, 5.74) is -2.67. The van der Waals surface area contributed by atoms with Crippen molar-refractivity contribution >= 4 is 23.4 Å². The van der Waals surface area contributed by atoms with Crippen LogP contribution >= 0.6 is 11.8 Å². The number of halogens is 4. The zero-order valence-corrected chi connectivity index (χ0v) is 12.9. The van der Waals surface area contributed by atoms with Crippen LogP contribution in [0.4, 0.5) is 17.6 Å². The van der Waals surface area contributed by atoms with E-state index in [1.165, 1.54) is 25.1 Å². The molecule has 0 spiro atoms. The van der Waals surface area contributed by atoms with Gasteiger partial charge in [-0.25, -0.2) is 4.39 Å². The second-order valence-corrected chi connectivity index (χ2v) is 6.14. The van der Waals surface area contributed by atoms with Gasteiger partial charge < -0.3 is 5.11 Å². The molecule has 0 radical (unpaired) electrons. The van der Waals surface area contributed by atoms with E-state index in [1.54, 1.807) is 6.07 Å². The van der Waals surface area contributed by atoms with Crippen molar-refractivity contribution in [1.29, 1.82) is 0 Å². The van der Waals surface area contributed by atoms with Crippen molar-refractivity contribution in [2.45, 2.75) is 31.0 Å². The molecule has 0 aromatic heterocycles. The number of hydrogen-bond acceptors (Lipinski definition) is 4. The van der Waals surface area contributed by atoms with Gasteiger partial charge in [0.2, 0.25) is 0 Å². The van der Waals surface area contributed by atoms with E-state index < -0.39 is 30.0 Å². The molecule has 1 atom stereocenters. The number of hydrogen-bond donors (Lipinski definition) is 1. The molecule has 0 saturated heterocycles. The lowest BCUT2D eigenvalue weighted by Gasteiger charge is -2.32. The number of alkyl halides is 3. The molecule has 0 aliphatic carbocycles. The number of thioether (sulfide) groups is 1. The summed E-state index contributed by atoms with van der Waals surface area (Å²) >= 11 is 1.02. The smallest absolute Gasteiger partial charge is 0.362 e. The Morgan fingerprint density at radius 3 is 2.78 bits per heavy atom. The minimum atomic E-state index is -5.00. The summed E-state index contributed by atoms with van der Waals surface area (Å²) in [6, 6.07) is 5.69. The van der Waals surface area contributed by atoms with Gasteiger partial charge in [0.15, 0.2) is 0 Å². The Morgan fingerprint density at radius 2 is 2.17 bits per heavy atom. The SMILES string of the molecule is CC1=NN(C(=O)CSCc2cccc(F)c2)C(O)(C(F)(F)F)C1. The molecule has 1 aliphatic heterocycles. The van der Waals surface area contributed by atoms with Gasteiger partial charge in [-0.2, -0.15) is 23.3 Å². The molecule has 2 rings (SSSR count). The maximum Gasteiger partial charge on any atom is 0.438 e. The lowest BCUT2D eigenvalue weighted by atomic mass is 10.1. The Labute approximate surface area is 134 Å². The predicted molar refractivity (Wildman–Crippen MR) is 78.1 cm³/mol. The molecule has 1 aromatic rings. The number of amides is 1. The molecule has 1 aromatic carbocycles. The summed E-state index contributed by atoms with van der Waals surface area (Å²) in [4.78, 5) is 12.0. The highest BCUT2D eigenvalue weighted by Gasteiger charge is 2.62. The van der Waals surface area contributed by atoms with E-state index in [9.17, 15) is 27.5 Å². The minimum Gasteiger partial charge on any atom is -0.362 e. The van der Waals surface area contributed by atoms with Gasteiger partial charge in [-0.1, -0.05) is 12.1 Å². The second-order valence-electron chi connectivity index (χ2n) is 5.15. The van der Waals surface area contributed by atoms with E-state index in [0.717, 1.165) is 11.8 Å². The van der Waals surface area contributed by atoms with Gasteiger partial charge >= 0.3 is 6.18 Å². The van der Waals surface area contributed by atoms with Crippen molar-refractivity contribution in [2.24, 2.45) is 5.10 Å². The second kappa shape index (κ2) is 6.48. The van der Waals surface area contributed by atoms with E-state index in [4.69, 9.17) is 0 Å². The van der Waals surface area contributed by atoms with E-state index in [0.29, 0.717) is 5.56 Å². The Kier molecular flexibility index (Phi) is 5.00. The van der Waals surface area contributed by atoms with Crippen LogP contribution in [0.1, 0.15) is 18.9 Å². The highest BCUT2D eigenvalue weighted by atomic mass is 32.2. The number of aliphatic hydroxyl groups is 1. The van der Waals surface area contributed by atoms with Crippen molar-refractivity contribution in [3.63, 3.8) is 0 Å². The molecule has 1 unspecified atom stereocenters. The molecule has 1 heterocycles. The van der Waals surface area contributed by atoms with Crippen LogP contribution < -0.4 is 0 Å². The number of rotatable bonds is 4. The monoisotopic (exact) mass is 350 g/mol. The lowest BCUT2D eigenvalue weighted by Crippen LogP contribution is -2.57. The topological polar surface area (TPSA) is 52.9 Å². The summed E-state index contributed by atoms with van der Waals surface area (Å²) in [6.45, 7) is 1.31. The molecule has 1 N–H and O–H groups in total. The van der Waals surface area contributed by atoms with Crippen LogP contribution in [0.3, 0.4) is 0 Å². The number of carbonyl (C=O) groups excluding carboxylic acids is 1. The van der Waals surface area contributed by atoms with Gasteiger partial charge in [-0.05, 0) is 24.6 Å². The third-order valence-electron chi connectivity index (χ3n) is 3.20. The summed E-state index contributed by atoms with van der Waals surface area (Å²) in [5, 5.41) is 13.4. The highest BCUT2D eigenvalue weighted by Crippen LogP contribution is 2.40. The van der Waals surface area contributed by atoms with Crippen LogP contribution in [0, 0.1) is 5.82 Å². The fourth-order valence-corrected chi connectivity index (χ4v) is 2.96. The number of benzene rings is 1. The maximum absolute atomic E-state index is 13.0. The van der Waals surface area contributed by atoms with Crippen LogP contribution in [0.25, 0.3) is 0 Å². The normalized spacial score (nSPS) is 21.5. The molecule has 0 fully saturated rings. The Morgan fingerprint density at radius 1 is 1.48 bits per heavy atom. The first kappa shape index (κ1) is 17.7. The fourth-order valence-electron chi connectivity index (χ4n) is 2.15. The summed E-state index contributed by atoms with van der Waals surface area (Å²) in [7, 11) is 0. The van der Waals surface area contributed by atoms with Crippen LogP contribution in [-0.2, 0) is 10.5 Å². The molecule has 0 saturated carbocycles. The molecule has 23 heavy (non-hydrogen) atoms.